The van der Waals surface area contributed by atoms with Crippen molar-refractivity contribution >= 4 is 11.6 Å². The number of nitrogens with two attached hydrogens (primary N) is 1. The zero-order valence-electron chi connectivity index (χ0n) is 11.4. The Bertz CT molecular complexity index is 369. The molecule has 0 radical (unpaired) electrons. The standard InChI is InChI=1S/C14H23ClN2O/c1-14(2,18-3)8-7-13(17-16)10-11-5-4-6-12(15)9-11/h4-6,9,13,17H,7-8,10,16H2,1-3H3. The zero-order valence-corrected chi connectivity index (χ0v) is 12.1. The van der Waals surface area contributed by atoms with Gasteiger partial charge in [-0.1, -0.05) is 23.7 Å². The number of hydrogen-bond donors (Lipinski definition) is 2. The van der Waals surface area contributed by atoms with Crippen molar-refractivity contribution in [1.29, 1.82) is 0 Å². The molecule has 0 saturated heterocycles. The molecular weight excluding hydrogens is 248 g/mol. The van der Waals surface area contributed by atoms with E-state index >= 15 is 0 Å². The first-order valence-electron chi connectivity index (χ1n) is 6.22. The van der Waals surface area contributed by atoms with Gasteiger partial charge < -0.3 is 4.74 Å². The number of nitrogens with one attached hydrogen (secondary N) is 1. The smallest absolute Gasteiger partial charge is 0.0623 e. The molecule has 1 atom stereocenters. The number of methoxy groups -OCH3 is 1. The molecule has 0 fully saturated rings. The lowest BCUT2D eigenvalue weighted by atomic mass is 9.95. The van der Waals surface area contributed by atoms with Crippen LogP contribution in [0.2, 0.25) is 5.02 Å². The Balaban J connectivity index is 2.52. The summed E-state index contributed by atoms with van der Waals surface area (Å²) in [4.78, 5) is 0. The minimum Gasteiger partial charge on any atom is -0.379 e. The second kappa shape index (κ2) is 7.10. The minimum absolute atomic E-state index is 0.108. The Morgan fingerprint density at radius 2 is 2.17 bits per heavy atom. The molecule has 1 aromatic rings. The number of benzene rings is 1. The maximum absolute atomic E-state index is 5.97. The van der Waals surface area contributed by atoms with Gasteiger partial charge in [-0.3, -0.25) is 11.3 Å². The van der Waals surface area contributed by atoms with Crippen molar-refractivity contribution in [3.63, 3.8) is 0 Å². The van der Waals surface area contributed by atoms with Crippen LogP contribution in [0.5, 0.6) is 0 Å². The molecule has 0 spiro atoms. The summed E-state index contributed by atoms with van der Waals surface area (Å²) in [5.41, 5.74) is 3.96. The first kappa shape index (κ1) is 15.4. The van der Waals surface area contributed by atoms with Crippen molar-refractivity contribution in [1.82, 2.24) is 5.43 Å². The zero-order chi connectivity index (χ0) is 13.6. The maximum Gasteiger partial charge on any atom is 0.0623 e. The summed E-state index contributed by atoms with van der Waals surface area (Å²) in [5, 5.41) is 0.764. The third-order valence-electron chi connectivity index (χ3n) is 3.25. The molecule has 1 rings (SSSR count). The van der Waals surface area contributed by atoms with Crippen molar-refractivity contribution in [2.75, 3.05) is 7.11 Å². The summed E-state index contributed by atoms with van der Waals surface area (Å²) in [6.45, 7) is 4.17. The molecule has 102 valence electrons. The molecule has 0 aliphatic heterocycles. The summed E-state index contributed by atoms with van der Waals surface area (Å²) < 4.78 is 5.41. The van der Waals surface area contributed by atoms with Crippen molar-refractivity contribution in [2.24, 2.45) is 5.84 Å². The topological polar surface area (TPSA) is 47.3 Å². The predicted octanol–water partition coefficient (Wildman–Crippen LogP) is 2.92. The molecule has 0 aliphatic carbocycles. The fraction of sp³-hybridized carbons (Fsp3) is 0.571. The largest absolute Gasteiger partial charge is 0.379 e. The third kappa shape index (κ3) is 5.36. The maximum atomic E-state index is 5.97. The van der Waals surface area contributed by atoms with Crippen LogP contribution in [0.15, 0.2) is 24.3 Å². The first-order chi connectivity index (χ1) is 8.46. The SMILES string of the molecule is COC(C)(C)CCC(Cc1cccc(Cl)c1)NN. The van der Waals surface area contributed by atoms with Crippen molar-refractivity contribution < 1.29 is 4.74 Å². The molecule has 1 aromatic carbocycles. The van der Waals surface area contributed by atoms with E-state index in [0.717, 1.165) is 24.3 Å². The molecule has 3 nitrogen and oxygen atoms in total. The van der Waals surface area contributed by atoms with Gasteiger partial charge in [0, 0.05) is 18.2 Å². The molecule has 1 unspecified atom stereocenters. The summed E-state index contributed by atoms with van der Waals surface area (Å²) >= 11 is 5.97. The fourth-order valence-corrected chi connectivity index (χ4v) is 2.03. The van der Waals surface area contributed by atoms with Crippen LogP contribution in [0, 0.1) is 0 Å². The summed E-state index contributed by atoms with van der Waals surface area (Å²) in [6.07, 6.45) is 2.79. The molecular formula is C14H23ClN2O. The summed E-state index contributed by atoms with van der Waals surface area (Å²) in [7, 11) is 1.74. The van der Waals surface area contributed by atoms with E-state index < -0.39 is 0 Å². The molecule has 0 aliphatic rings. The molecule has 0 amide bonds. The highest BCUT2D eigenvalue weighted by molar-refractivity contribution is 6.30. The highest BCUT2D eigenvalue weighted by Gasteiger charge is 2.19. The van der Waals surface area contributed by atoms with E-state index in [1.165, 1.54) is 5.56 Å². The number of rotatable bonds is 7. The van der Waals surface area contributed by atoms with Gasteiger partial charge in [-0.25, -0.2) is 0 Å². The van der Waals surface area contributed by atoms with Gasteiger partial charge in [0.15, 0.2) is 0 Å². The lowest BCUT2D eigenvalue weighted by molar-refractivity contribution is 0.0117. The van der Waals surface area contributed by atoms with Crippen molar-refractivity contribution in [3.8, 4) is 0 Å². The highest BCUT2D eigenvalue weighted by atomic mass is 35.5. The lowest BCUT2D eigenvalue weighted by Gasteiger charge is -2.25. The normalized spacial score (nSPS) is 13.6. The Morgan fingerprint density at radius 1 is 1.44 bits per heavy atom. The number of hydrazine groups is 1. The van der Waals surface area contributed by atoms with E-state index in [9.17, 15) is 0 Å². The molecule has 0 heterocycles. The van der Waals surface area contributed by atoms with Crippen molar-refractivity contribution in [2.45, 2.75) is 44.8 Å². The second-order valence-electron chi connectivity index (χ2n) is 5.20. The van der Waals surface area contributed by atoms with Gasteiger partial charge in [0.25, 0.3) is 0 Å². The van der Waals surface area contributed by atoms with Gasteiger partial charge in [0.2, 0.25) is 0 Å². The Kier molecular flexibility index (Phi) is 6.09. The number of ether oxygens (including phenoxy) is 1. The number of hydrogen-bond acceptors (Lipinski definition) is 3. The van der Waals surface area contributed by atoms with E-state index in [4.69, 9.17) is 22.2 Å². The molecule has 0 aromatic heterocycles. The van der Waals surface area contributed by atoms with Crippen LogP contribution >= 0.6 is 11.6 Å². The van der Waals surface area contributed by atoms with Gasteiger partial charge in [-0.05, 0) is 50.8 Å². The third-order valence-corrected chi connectivity index (χ3v) is 3.49. The molecule has 3 N–H and O–H groups in total. The minimum atomic E-state index is -0.108. The van der Waals surface area contributed by atoms with Crippen LogP contribution in [0.3, 0.4) is 0 Å². The van der Waals surface area contributed by atoms with E-state index in [1.807, 2.05) is 18.2 Å². The van der Waals surface area contributed by atoms with Crippen LogP contribution in [0.25, 0.3) is 0 Å². The fourth-order valence-electron chi connectivity index (χ4n) is 1.82. The van der Waals surface area contributed by atoms with E-state index in [0.29, 0.717) is 0 Å². The van der Waals surface area contributed by atoms with Gasteiger partial charge in [-0.15, -0.1) is 0 Å². The summed E-state index contributed by atoms with van der Waals surface area (Å²) in [6, 6.07) is 8.12. The van der Waals surface area contributed by atoms with Crippen LogP contribution in [0.4, 0.5) is 0 Å². The van der Waals surface area contributed by atoms with E-state index in [2.05, 4.69) is 25.3 Å². The molecule has 0 bridgehead atoms. The van der Waals surface area contributed by atoms with Crippen LogP contribution in [0.1, 0.15) is 32.3 Å². The number of halogens is 1. The lowest BCUT2D eigenvalue weighted by Crippen LogP contribution is -2.38. The molecule has 0 saturated carbocycles. The average Bonchev–Trinajstić information content (AvgIpc) is 2.34. The average molecular weight is 271 g/mol. The van der Waals surface area contributed by atoms with Crippen molar-refractivity contribution in [3.05, 3.63) is 34.9 Å². The van der Waals surface area contributed by atoms with Gasteiger partial charge in [-0.2, -0.15) is 0 Å². The Hall–Kier alpha value is -0.610. The van der Waals surface area contributed by atoms with Crippen LogP contribution in [-0.2, 0) is 11.2 Å². The quantitative estimate of drug-likeness (QED) is 0.592. The molecule has 18 heavy (non-hydrogen) atoms. The first-order valence-corrected chi connectivity index (χ1v) is 6.60. The van der Waals surface area contributed by atoms with Gasteiger partial charge >= 0.3 is 0 Å². The second-order valence-corrected chi connectivity index (χ2v) is 5.64. The van der Waals surface area contributed by atoms with Crippen LogP contribution < -0.4 is 11.3 Å². The van der Waals surface area contributed by atoms with Gasteiger partial charge in [0.1, 0.15) is 0 Å². The predicted molar refractivity (Wildman–Crippen MR) is 76.6 cm³/mol. The van der Waals surface area contributed by atoms with E-state index in [-0.39, 0.29) is 11.6 Å². The monoisotopic (exact) mass is 270 g/mol. The van der Waals surface area contributed by atoms with Gasteiger partial charge in [0.05, 0.1) is 5.60 Å². The van der Waals surface area contributed by atoms with E-state index in [1.54, 1.807) is 7.11 Å². The molecule has 4 heteroatoms. The Labute approximate surface area is 115 Å². The van der Waals surface area contributed by atoms with Crippen LogP contribution in [-0.4, -0.2) is 18.8 Å². The highest BCUT2D eigenvalue weighted by Crippen LogP contribution is 2.19. The summed E-state index contributed by atoms with van der Waals surface area (Å²) in [5.74, 6) is 5.61. The Morgan fingerprint density at radius 3 is 2.72 bits per heavy atom.